The second-order valence-corrected chi connectivity index (χ2v) is 6.23. The third kappa shape index (κ3) is 2.78. The predicted molar refractivity (Wildman–Crippen MR) is 84.6 cm³/mol. The molecular weight excluding hydrogens is 252 g/mol. The molecule has 0 saturated carbocycles. The van der Waals surface area contributed by atoms with Crippen molar-refractivity contribution in [2.24, 2.45) is 5.73 Å². The smallest absolute Gasteiger partial charge is 0.0471 e. The average Bonchev–Trinajstić information content (AvgIpc) is 2.49. The third-order valence-corrected chi connectivity index (χ3v) is 4.81. The topological polar surface area (TPSA) is 29.3 Å². The lowest BCUT2D eigenvalue weighted by molar-refractivity contribution is 0.223. The Kier molecular flexibility index (Phi) is 4.06. The Hall–Kier alpha value is -1.03. The van der Waals surface area contributed by atoms with Gasteiger partial charge in [0.15, 0.2) is 0 Å². The number of hydrogen-bond donors (Lipinski definition) is 1. The Morgan fingerprint density at radius 1 is 1.05 bits per heavy atom. The van der Waals surface area contributed by atoms with Crippen molar-refractivity contribution in [2.45, 2.75) is 6.04 Å². The van der Waals surface area contributed by atoms with E-state index in [1.807, 2.05) is 11.8 Å². The standard InChI is InChI=1S/C16H20N2S/c17-12-16(18-7-9-19-10-8-18)15-6-5-13-3-1-2-4-14(13)11-15/h1-6,11,16H,7-10,12,17H2. The van der Waals surface area contributed by atoms with E-state index in [0.29, 0.717) is 12.6 Å². The van der Waals surface area contributed by atoms with Crippen molar-refractivity contribution in [3.8, 4) is 0 Å². The SMILES string of the molecule is NCC(c1ccc2ccccc2c1)N1CCSCC1. The van der Waals surface area contributed by atoms with Crippen LogP contribution in [0.15, 0.2) is 42.5 Å². The molecule has 1 fully saturated rings. The molecule has 19 heavy (non-hydrogen) atoms. The average molecular weight is 272 g/mol. The van der Waals surface area contributed by atoms with Crippen molar-refractivity contribution >= 4 is 22.5 Å². The van der Waals surface area contributed by atoms with Crippen LogP contribution in [0.5, 0.6) is 0 Å². The Labute approximate surface area is 119 Å². The van der Waals surface area contributed by atoms with E-state index in [4.69, 9.17) is 5.73 Å². The van der Waals surface area contributed by atoms with Gasteiger partial charge in [0, 0.05) is 37.2 Å². The summed E-state index contributed by atoms with van der Waals surface area (Å²) in [6.45, 7) is 3.00. The van der Waals surface area contributed by atoms with Gasteiger partial charge in [0.1, 0.15) is 0 Å². The first-order valence-corrected chi connectivity index (χ1v) is 8.04. The van der Waals surface area contributed by atoms with Gasteiger partial charge >= 0.3 is 0 Å². The van der Waals surface area contributed by atoms with Crippen molar-refractivity contribution < 1.29 is 0 Å². The quantitative estimate of drug-likeness (QED) is 0.931. The fraction of sp³-hybridized carbons (Fsp3) is 0.375. The zero-order valence-electron chi connectivity index (χ0n) is 11.1. The van der Waals surface area contributed by atoms with Gasteiger partial charge in [-0.05, 0) is 22.4 Å². The molecule has 0 amide bonds. The Balaban J connectivity index is 1.91. The van der Waals surface area contributed by atoms with E-state index < -0.39 is 0 Å². The van der Waals surface area contributed by atoms with Crippen LogP contribution < -0.4 is 5.73 Å². The van der Waals surface area contributed by atoms with Crippen molar-refractivity contribution in [2.75, 3.05) is 31.1 Å². The predicted octanol–water partition coefficient (Wildman–Crippen LogP) is 2.89. The third-order valence-electron chi connectivity index (χ3n) is 3.87. The minimum Gasteiger partial charge on any atom is -0.329 e. The van der Waals surface area contributed by atoms with Gasteiger partial charge in [-0.3, -0.25) is 4.90 Å². The Morgan fingerprint density at radius 2 is 1.79 bits per heavy atom. The van der Waals surface area contributed by atoms with Crippen LogP contribution in [0.25, 0.3) is 10.8 Å². The number of rotatable bonds is 3. The molecule has 0 radical (unpaired) electrons. The number of hydrogen-bond acceptors (Lipinski definition) is 3. The van der Waals surface area contributed by atoms with Gasteiger partial charge in [0.25, 0.3) is 0 Å². The van der Waals surface area contributed by atoms with Gasteiger partial charge in [0.2, 0.25) is 0 Å². The molecule has 3 heteroatoms. The van der Waals surface area contributed by atoms with Gasteiger partial charge in [0.05, 0.1) is 0 Å². The molecule has 1 aliphatic rings. The summed E-state index contributed by atoms with van der Waals surface area (Å²) in [5, 5.41) is 2.61. The highest BCUT2D eigenvalue weighted by atomic mass is 32.2. The highest BCUT2D eigenvalue weighted by Gasteiger charge is 2.21. The molecule has 2 aromatic carbocycles. The number of nitrogens with zero attached hydrogens (tertiary/aromatic N) is 1. The molecule has 1 heterocycles. The lowest BCUT2D eigenvalue weighted by atomic mass is 10.0. The Morgan fingerprint density at radius 3 is 2.53 bits per heavy atom. The molecule has 100 valence electrons. The van der Waals surface area contributed by atoms with Gasteiger partial charge in [-0.15, -0.1) is 0 Å². The molecule has 2 aromatic rings. The number of thioether (sulfide) groups is 1. The van der Waals surface area contributed by atoms with Crippen LogP contribution >= 0.6 is 11.8 Å². The molecule has 1 atom stereocenters. The fourth-order valence-corrected chi connectivity index (χ4v) is 3.73. The number of fused-ring (bicyclic) bond motifs is 1. The molecule has 0 aliphatic carbocycles. The van der Waals surface area contributed by atoms with Gasteiger partial charge in [-0.25, -0.2) is 0 Å². The largest absolute Gasteiger partial charge is 0.329 e. The summed E-state index contributed by atoms with van der Waals surface area (Å²) < 4.78 is 0. The molecule has 1 aliphatic heterocycles. The summed E-state index contributed by atoms with van der Waals surface area (Å²) in [7, 11) is 0. The summed E-state index contributed by atoms with van der Waals surface area (Å²) in [4.78, 5) is 2.53. The molecule has 2 N–H and O–H groups in total. The monoisotopic (exact) mass is 272 g/mol. The normalized spacial score (nSPS) is 18.6. The van der Waals surface area contributed by atoms with Crippen molar-refractivity contribution in [1.29, 1.82) is 0 Å². The molecule has 0 spiro atoms. The molecule has 0 bridgehead atoms. The number of nitrogens with two attached hydrogens (primary N) is 1. The van der Waals surface area contributed by atoms with Gasteiger partial charge in [-0.2, -0.15) is 11.8 Å². The van der Waals surface area contributed by atoms with Gasteiger partial charge in [-0.1, -0.05) is 36.4 Å². The van der Waals surface area contributed by atoms with E-state index in [-0.39, 0.29) is 0 Å². The second kappa shape index (κ2) is 5.95. The fourth-order valence-electron chi connectivity index (χ4n) is 2.80. The molecule has 3 rings (SSSR count). The van der Waals surface area contributed by atoms with E-state index in [9.17, 15) is 0 Å². The van der Waals surface area contributed by atoms with Crippen LogP contribution in [0.1, 0.15) is 11.6 Å². The zero-order valence-corrected chi connectivity index (χ0v) is 11.9. The molecular formula is C16H20N2S. The Bertz CT molecular complexity index is 549. The van der Waals surface area contributed by atoms with Crippen molar-refractivity contribution in [1.82, 2.24) is 4.90 Å². The number of benzene rings is 2. The van der Waals surface area contributed by atoms with Gasteiger partial charge < -0.3 is 5.73 Å². The lowest BCUT2D eigenvalue weighted by Crippen LogP contribution is -2.39. The van der Waals surface area contributed by atoms with Crippen LogP contribution in [-0.2, 0) is 0 Å². The first kappa shape index (κ1) is 13.0. The van der Waals surface area contributed by atoms with Crippen LogP contribution in [0, 0.1) is 0 Å². The second-order valence-electron chi connectivity index (χ2n) is 5.01. The minimum absolute atomic E-state index is 0.366. The van der Waals surface area contributed by atoms with E-state index in [2.05, 4.69) is 47.4 Å². The summed E-state index contributed by atoms with van der Waals surface area (Å²) in [6, 6.07) is 15.6. The van der Waals surface area contributed by atoms with E-state index in [1.54, 1.807) is 0 Å². The minimum atomic E-state index is 0.366. The van der Waals surface area contributed by atoms with Crippen LogP contribution in [0.4, 0.5) is 0 Å². The van der Waals surface area contributed by atoms with Crippen LogP contribution in [0.2, 0.25) is 0 Å². The summed E-state index contributed by atoms with van der Waals surface area (Å²) >= 11 is 2.04. The van der Waals surface area contributed by atoms with Crippen molar-refractivity contribution in [3.63, 3.8) is 0 Å². The maximum absolute atomic E-state index is 6.03. The highest BCUT2D eigenvalue weighted by Crippen LogP contribution is 2.26. The van der Waals surface area contributed by atoms with E-state index in [0.717, 1.165) is 13.1 Å². The lowest BCUT2D eigenvalue weighted by Gasteiger charge is -2.34. The first-order chi connectivity index (χ1) is 9.38. The maximum Gasteiger partial charge on any atom is 0.0471 e. The molecule has 1 saturated heterocycles. The molecule has 1 unspecified atom stereocenters. The van der Waals surface area contributed by atoms with E-state index >= 15 is 0 Å². The van der Waals surface area contributed by atoms with Crippen LogP contribution in [0.3, 0.4) is 0 Å². The molecule has 2 nitrogen and oxygen atoms in total. The highest BCUT2D eigenvalue weighted by molar-refractivity contribution is 7.99. The van der Waals surface area contributed by atoms with Crippen molar-refractivity contribution in [3.05, 3.63) is 48.0 Å². The summed E-state index contributed by atoms with van der Waals surface area (Å²) in [5.41, 5.74) is 7.39. The summed E-state index contributed by atoms with van der Waals surface area (Å²) in [5.74, 6) is 2.45. The zero-order chi connectivity index (χ0) is 13.1. The maximum atomic E-state index is 6.03. The summed E-state index contributed by atoms with van der Waals surface area (Å²) in [6.07, 6.45) is 0. The van der Waals surface area contributed by atoms with E-state index in [1.165, 1.54) is 27.8 Å². The van der Waals surface area contributed by atoms with Crippen LogP contribution in [-0.4, -0.2) is 36.0 Å². The first-order valence-electron chi connectivity index (χ1n) is 6.89. The molecule has 0 aromatic heterocycles.